The van der Waals surface area contributed by atoms with E-state index in [4.69, 9.17) is 28.4 Å². The van der Waals surface area contributed by atoms with Crippen LogP contribution < -0.4 is 28.4 Å². The number of ether oxygens (including phenoxy) is 6. The number of carbonyl (C=O) groups is 6. The maximum atomic E-state index is 13.4. The quantitative estimate of drug-likeness (QED) is 0.0404. The van der Waals surface area contributed by atoms with E-state index < -0.39 is 35.8 Å². The Balaban J connectivity index is 0.000000756. The van der Waals surface area contributed by atoms with Gasteiger partial charge in [0.25, 0.3) is 0 Å². The highest BCUT2D eigenvalue weighted by molar-refractivity contribution is 8.07. The summed E-state index contributed by atoms with van der Waals surface area (Å²) in [5.41, 5.74) is 4.57. The van der Waals surface area contributed by atoms with Gasteiger partial charge in [-0.2, -0.15) is 0 Å². The Morgan fingerprint density at radius 2 is 0.328 bits per heavy atom. The molecule has 0 unspecified atom stereocenters. The van der Waals surface area contributed by atoms with E-state index in [2.05, 4.69) is 68.0 Å². The molecule has 18 nitrogen and oxygen atoms in total. The molecule has 0 saturated heterocycles. The summed E-state index contributed by atoms with van der Waals surface area (Å²) in [5.74, 6) is -1.64. The topological polar surface area (TPSA) is 235 Å². The summed E-state index contributed by atoms with van der Waals surface area (Å²) in [6.45, 7) is 4.17. The second kappa shape index (κ2) is 41.0. The fourth-order valence-corrected chi connectivity index (χ4v) is 17.6. The molecular weight excluding hydrogens is 1570 g/mol. The molecular formula is C92H64N6O12S6. The summed E-state index contributed by atoms with van der Waals surface area (Å²) in [6, 6.07) is 82.4. The van der Waals surface area contributed by atoms with Crippen LogP contribution in [0.1, 0.15) is 73.3 Å². The van der Waals surface area contributed by atoms with Gasteiger partial charge in [0.15, 0.2) is 0 Å². The molecule has 0 amide bonds. The molecule has 15 rings (SSSR count). The Hall–Kier alpha value is -13.2. The summed E-state index contributed by atoms with van der Waals surface area (Å²) in [5, 5.41) is 0. The van der Waals surface area contributed by atoms with Gasteiger partial charge in [-0.1, -0.05) is 142 Å². The van der Waals surface area contributed by atoms with Gasteiger partial charge in [0.05, 0.1) is 33.4 Å². The molecule has 116 heavy (non-hydrogen) atoms. The molecule has 0 aliphatic rings. The standard InChI is InChI=1S/C78H48N6O12S6.2C7H8/c85-73(49-25-37-79-38-26-49)91-55-1-13-61(14-2-55)97-67-68(98-62-15-3-56(4-16-62)92-74(86)50-27-39-80-40-28-50)70(100-64-19-7-58(8-20-64)94-76(88)52-31-43-82-44-32-52)72(102-66-23-11-60(12-24-66)96-78(90)54-35-47-84-48-36-54)71(101-65-21-9-59(10-22-65)95-77(89)53-33-45-83-46-34-53)69(67)99-63-17-5-57(6-18-63)93-75(87)51-29-41-81-42-30-51;2*1-7-5-3-2-4-6-7/h1-48H;2*2-6H,1H3. The smallest absolute Gasteiger partial charge is 0.343 e. The monoisotopic (exact) mass is 1640 g/mol. The average molecular weight is 1640 g/mol. The van der Waals surface area contributed by atoms with Gasteiger partial charge in [0, 0.05) is 133 Å². The van der Waals surface area contributed by atoms with Gasteiger partial charge in [-0.05, 0) is 232 Å². The molecule has 9 aromatic carbocycles. The Kier molecular flexibility index (Phi) is 28.6. The van der Waals surface area contributed by atoms with Gasteiger partial charge in [-0.25, -0.2) is 28.8 Å². The molecule has 570 valence electrons. The van der Waals surface area contributed by atoms with E-state index >= 15 is 0 Å². The predicted octanol–water partition coefficient (Wildman–Crippen LogP) is 22.3. The molecule has 15 aromatic rings. The van der Waals surface area contributed by atoms with Crippen molar-refractivity contribution in [3.8, 4) is 34.5 Å². The first-order valence-corrected chi connectivity index (χ1v) is 40.3. The fraction of sp³-hybridized carbons (Fsp3) is 0.0217. The second-order valence-corrected chi connectivity index (χ2v) is 31.0. The minimum Gasteiger partial charge on any atom is -0.423 e. The number of hydrogen-bond donors (Lipinski definition) is 0. The predicted molar refractivity (Wildman–Crippen MR) is 447 cm³/mol. The second-order valence-electron chi connectivity index (χ2n) is 24.5. The van der Waals surface area contributed by atoms with E-state index in [-0.39, 0.29) is 0 Å². The zero-order valence-corrected chi connectivity index (χ0v) is 66.4. The fourth-order valence-electron chi connectivity index (χ4n) is 10.3. The lowest BCUT2D eigenvalue weighted by Crippen LogP contribution is -2.08. The first-order chi connectivity index (χ1) is 56.7. The van der Waals surface area contributed by atoms with Crippen LogP contribution in [0.4, 0.5) is 0 Å². The van der Waals surface area contributed by atoms with Crippen molar-refractivity contribution >= 4 is 106 Å². The van der Waals surface area contributed by atoms with E-state index in [1.54, 1.807) is 146 Å². The van der Waals surface area contributed by atoms with E-state index in [1.165, 1.54) is 156 Å². The van der Waals surface area contributed by atoms with Crippen LogP contribution in [0.3, 0.4) is 0 Å². The molecule has 6 heterocycles. The van der Waals surface area contributed by atoms with Gasteiger partial charge < -0.3 is 28.4 Å². The number of esters is 6. The molecule has 0 radical (unpaired) electrons. The molecule has 0 saturated carbocycles. The molecule has 0 atom stereocenters. The normalized spacial score (nSPS) is 10.6. The lowest BCUT2D eigenvalue weighted by molar-refractivity contribution is 0.0725. The Morgan fingerprint density at radius 1 is 0.190 bits per heavy atom. The highest BCUT2D eigenvalue weighted by Gasteiger charge is 2.30. The van der Waals surface area contributed by atoms with E-state index in [0.717, 1.165) is 58.7 Å². The van der Waals surface area contributed by atoms with Crippen LogP contribution in [0.5, 0.6) is 34.5 Å². The highest BCUT2D eigenvalue weighted by Crippen LogP contribution is 2.60. The molecule has 0 bridgehead atoms. The van der Waals surface area contributed by atoms with Gasteiger partial charge in [0.2, 0.25) is 0 Å². The SMILES string of the molecule is Cc1ccccc1.Cc1ccccc1.O=C(Oc1ccc(Sc2c(Sc3ccc(OC(=O)c4ccncc4)cc3)c(Sc3ccc(OC(=O)c4ccncc4)cc3)c(Sc3ccc(OC(=O)c4ccncc4)cc3)c(Sc3ccc(OC(=O)c4ccncc4)cc3)c2Sc2ccc(OC(=O)c3ccncc3)cc2)cc1)c1ccncc1. The molecule has 0 aliphatic carbocycles. The number of hydrogen-bond acceptors (Lipinski definition) is 24. The van der Waals surface area contributed by atoms with Gasteiger partial charge in [-0.3, -0.25) is 29.9 Å². The Labute approximate surface area is 693 Å². The van der Waals surface area contributed by atoms with Crippen LogP contribution in [0, 0.1) is 13.8 Å². The maximum Gasteiger partial charge on any atom is 0.343 e. The molecule has 0 N–H and O–H groups in total. The molecule has 0 aliphatic heterocycles. The summed E-state index contributed by atoms with van der Waals surface area (Å²) in [4.78, 5) is 114. The summed E-state index contributed by atoms with van der Waals surface area (Å²) in [6.07, 6.45) is 18.2. The van der Waals surface area contributed by atoms with Crippen LogP contribution in [-0.2, 0) is 0 Å². The van der Waals surface area contributed by atoms with Crippen molar-refractivity contribution in [2.75, 3.05) is 0 Å². The van der Waals surface area contributed by atoms with Crippen LogP contribution >= 0.6 is 70.6 Å². The molecule has 24 heteroatoms. The third kappa shape index (κ3) is 23.5. The Morgan fingerprint density at radius 3 is 0.448 bits per heavy atom. The number of aryl methyl sites for hydroxylation is 2. The van der Waals surface area contributed by atoms with E-state index in [9.17, 15) is 28.8 Å². The zero-order chi connectivity index (χ0) is 80.2. The third-order valence-electron chi connectivity index (χ3n) is 16.1. The van der Waals surface area contributed by atoms with E-state index in [1.807, 2.05) is 109 Å². The highest BCUT2D eigenvalue weighted by atomic mass is 32.2. The molecule has 0 spiro atoms. The van der Waals surface area contributed by atoms with E-state index in [0.29, 0.717) is 67.9 Å². The first kappa shape index (κ1) is 80.8. The zero-order valence-electron chi connectivity index (χ0n) is 61.5. The van der Waals surface area contributed by atoms with Crippen molar-refractivity contribution in [1.82, 2.24) is 29.9 Å². The third-order valence-corrected chi connectivity index (χ3v) is 23.6. The summed E-state index contributed by atoms with van der Waals surface area (Å²) in [7, 11) is 0. The largest absolute Gasteiger partial charge is 0.423 e. The van der Waals surface area contributed by atoms with Crippen LogP contribution in [0.15, 0.2) is 412 Å². The average Bonchev–Trinajstić information content (AvgIpc) is 0.747. The van der Waals surface area contributed by atoms with Crippen molar-refractivity contribution in [2.45, 2.75) is 72.6 Å². The van der Waals surface area contributed by atoms with Crippen LogP contribution in [0.25, 0.3) is 0 Å². The Bertz CT molecular complexity index is 4910. The van der Waals surface area contributed by atoms with Gasteiger partial charge >= 0.3 is 35.8 Å². The van der Waals surface area contributed by atoms with Crippen molar-refractivity contribution < 1.29 is 57.2 Å². The maximum absolute atomic E-state index is 13.4. The summed E-state index contributed by atoms with van der Waals surface area (Å²) < 4.78 is 35.2. The first-order valence-electron chi connectivity index (χ1n) is 35.4. The lowest BCUT2D eigenvalue weighted by Gasteiger charge is -2.25. The van der Waals surface area contributed by atoms with Crippen molar-refractivity contribution in [1.29, 1.82) is 0 Å². The number of benzene rings is 9. The minimum absolute atomic E-state index is 0.294. The number of carbonyl (C=O) groups excluding carboxylic acids is 6. The van der Waals surface area contributed by atoms with Gasteiger partial charge in [-0.15, -0.1) is 0 Å². The van der Waals surface area contributed by atoms with Crippen molar-refractivity contribution in [2.24, 2.45) is 0 Å². The lowest BCUT2D eigenvalue weighted by atomic mass is 10.2. The number of pyridine rings is 6. The molecule has 0 fully saturated rings. The number of aromatic nitrogens is 6. The summed E-state index contributed by atoms with van der Waals surface area (Å²) >= 11 is 8.73. The van der Waals surface area contributed by atoms with Crippen LogP contribution in [-0.4, -0.2) is 65.7 Å². The number of rotatable bonds is 24. The number of nitrogens with zero attached hydrogens (tertiary/aromatic N) is 6. The van der Waals surface area contributed by atoms with Crippen molar-refractivity contribution in [3.05, 3.63) is 398 Å². The minimum atomic E-state index is -0.566. The molecule has 6 aromatic heterocycles. The van der Waals surface area contributed by atoms with Crippen LogP contribution in [0.2, 0.25) is 0 Å². The van der Waals surface area contributed by atoms with Gasteiger partial charge in [0.1, 0.15) is 34.5 Å². The van der Waals surface area contributed by atoms with Crippen molar-refractivity contribution in [3.63, 3.8) is 0 Å².